The van der Waals surface area contributed by atoms with Crippen molar-refractivity contribution in [1.29, 1.82) is 0 Å². The van der Waals surface area contributed by atoms with Crippen molar-refractivity contribution in [3.63, 3.8) is 0 Å². The third-order valence-electron chi connectivity index (χ3n) is 3.96. The zero-order valence-electron chi connectivity index (χ0n) is 12.4. The highest BCUT2D eigenvalue weighted by molar-refractivity contribution is 5.98. The van der Waals surface area contributed by atoms with Crippen LogP contribution in [0.4, 0.5) is 5.69 Å². The van der Waals surface area contributed by atoms with E-state index in [0.29, 0.717) is 0 Å². The van der Waals surface area contributed by atoms with Gasteiger partial charge in [-0.15, -0.1) is 0 Å². The van der Waals surface area contributed by atoms with Crippen LogP contribution in [0.3, 0.4) is 0 Å². The first kappa shape index (κ1) is 12.9. The number of pyridine rings is 1. The molecule has 0 saturated heterocycles. The van der Waals surface area contributed by atoms with Crippen LogP contribution >= 0.6 is 0 Å². The Balaban J connectivity index is 1.83. The molecular weight excluding hydrogens is 278 g/mol. The smallest absolute Gasteiger partial charge is 0.264 e. The van der Waals surface area contributed by atoms with Gasteiger partial charge in [-0.3, -0.25) is 4.79 Å². The number of carbonyl (C=O) groups excluding carboxylic acids is 1. The minimum absolute atomic E-state index is 0.0460. The fourth-order valence-electron chi connectivity index (χ4n) is 2.65. The van der Waals surface area contributed by atoms with E-state index in [1.165, 1.54) is 5.56 Å². The molecule has 22 heavy (non-hydrogen) atoms. The molecular formula is C17H15N3O2. The van der Waals surface area contributed by atoms with Gasteiger partial charge in [-0.05, 0) is 42.8 Å². The van der Waals surface area contributed by atoms with Gasteiger partial charge in [-0.1, -0.05) is 0 Å². The van der Waals surface area contributed by atoms with Crippen LogP contribution in [0.2, 0.25) is 0 Å². The van der Waals surface area contributed by atoms with Crippen molar-refractivity contribution in [2.45, 2.75) is 6.92 Å². The second-order valence-corrected chi connectivity index (χ2v) is 5.52. The highest BCUT2D eigenvalue weighted by Crippen LogP contribution is 2.35. The molecule has 3 heterocycles. The van der Waals surface area contributed by atoms with E-state index in [2.05, 4.69) is 4.98 Å². The number of aromatic nitrogens is 2. The number of rotatable bonds is 1. The standard InChI is InChI=1S/C17H15N3O2/c1-11-5-6-20-9-13(18-16(20)7-11)12-3-4-15-14(8-12)19(2)17(21)10-22-15/h3-9H,10H2,1-2H3. The molecule has 1 aromatic carbocycles. The van der Waals surface area contributed by atoms with Crippen LogP contribution in [0.15, 0.2) is 42.7 Å². The lowest BCUT2D eigenvalue weighted by molar-refractivity contribution is -0.120. The van der Waals surface area contributed by atoms with E-state index in [-0.39, 0.29) is 12.5 Å². The van der Waals surface area contributed by atoms with E-state index in [1.54, 1.807) is 11.9 Å². The van der Waals surface area contributed by atoms with Gasteiger partial charge in [-0.2, -0.15) is 0 Å². The third kappa shape index (κ3) is 1.94. The lowest BCUT2D eigenvalue weighted by Gasteiger charge is -2.26. The van der Waals surface area contributed by atoms with Crippen molar-refractivity contribution in [3.05, 3.63) is 48.3 Å². The van der Waals surface area contributed by atoms with Crippen LogP contribution in [-0.2, 0) is 4.79 Å². The predicted octanol–water partition coefficient (Wildman–Crippen LogP) is 2.66. The normalized spacial score (nSPS) is 14.1. The number of imidazole rings is 1. The SMILES string of the molecule is Cc1ccn2cc(-c3ccc4c(c3)N(C)C(=O)CO4)nc2c1. The third-order valence-corrected chi connectivity index (χ3v) is 3.96. The van der Waals surface area contributed by atoms with Crippen LogP contribution in [0.1, 0.15) is 5.56 Å². The molecule has 5 nitrogen and oxygen atoms in total. The number of hydrogen-bond donors (Lipinski definition) is 0. The maximum Gasteiger partial charge on any atom is 0.264 e. The monoisotopic (exact) mass is 293 g/mol. The summed E-state index contributed by atoms with van der Waals surface area (Å²) in [6.07, 6.45) is 3.99. The van der Waals surface area contributed by atoms with E-state index in [1.807, 2.05) is 54.0 Å². The van der Waals surface area contributed by atoms with Crippen molar-refractivity contribution < 1.29 is 9.53 Å². The molecule has 0 saturated carbocycles. The average Bonchev–Trinajstić information content (AvgIpc) is 2.94. The Morgan fingerprint density at radius 2 is 2.09 bits per heavy atom. The van der Waals surface area contributed by atoms with Crippen LogP contribution in [0.5, 0.6) is 5.75 Å². The number of amides is 1. The zero-order valence-corrected chi connectivity index (χ0v) is 12.4. The molecule has 5 heteroatoms. The van der Waals surface area contributed by atoms with Crippen LogP contribution in [-0.4, -0.2) is 28.9 Å². The van der Waals surface area contributed by atoms with E-state index in [4.69, 9.17) is 4.74 Å². The van der Waals surface area contributed by atoms with Crippen LogP contribution < -0.4 is 9.64 Å². The highest BCUT2D eigenvalue weighted by atomic mass is 16.5. The second-order valence-electron chi connectivity index (χ2n) is 5.52. The number of fused-ring (bicyclic) bond motifs is 2. The molecule has 0 bridgehead atoms. The van der Waals surface area contributed by atoms with Gasteiger partial charge in [-0.25, -0.2) is 4.98 Å². The Morgan fingerprint density at radius 3 is 2.95 bits per heavy atom. The number of hydrogen-bond acceptors (Lipinski definition) is 3. The summed E-state index contributed by atoms with van der Waals surface area (Å²) in [5.74, 6) is 0.681. The molecule has 0 fully saturated rings. The Labute approximate surface area is 127 Å². The lowest BCUT2D eigenvalue weighted by Crippen LogP contribution is -2.35. The summed E-state index contributed by atoms with van der Waals surface area (Å²) in [4.78, 5) is 18.0. The second kappa shape index (κ2) is 4.59. The van der Waals surface area contributed by atoms with Crippen molar-refractivity contribution in [2.75, 3.05) is 18.6 Å². The largest absolute Gasteiger partial charge is 0.482 e. The number of ether oxygens (including phenoxy) is 1. The molecule has 1 aliphatic heterocycles. The number of likely N-dealkylation sites (N-methyl/N-ethyl adjacent to an activating group) is 1. The Bertz CT molecular complexity index is 898. The maximum atomic E-state index is 11.8. The lowest BCUT2D eigenvalue weighted by atomic mass is 10.1. The van der Waals surface area contributed by atoms with E-state index in [0.717, 1.165) is 28.3 Å². The molecule has 0 radical (unpaired) electrons. The first-order chi connectivity index (χ1) is 10.6. The van der Waals surface area contributed by atoms with Crippen LogP contribution in [0.25, 0.3) is 16.9 Å². The fraction of sp³-hybridized carbons (Fsp3) is 0.176. The van der Waals surface area contributed by atoms with E-state index in [9.17, 15) is 4.79 Å². The first-order valence-corrected chi connectivity index (χ1v) is 7.11. The number of aryl methyl sites for hydroxylation is 1. The van der Waals surface area contributed by atoms with E-state index < -0.39 is 0 Å². The molecule has 1 aliphatic rings. The van der Waals surface area contributed by atoms with Gasteiger partial charge in [0.1, 0.15) is 11.4 Å². The van der Waals surface area contributed by atoms with Gasteiger partial charge in [0.25, 0.3) is 5.91 Å². The Hall–Kier alpha value is -2.82. The number of benzene rings is 1. The predicted molar refractivity (Wildman–Crippen MR) is 84.3 cm³/mol. The van der Waals surface area contributed by atoms with Gasteiger partial charge in [0.15, 0.2) is 6.61 Å². The van der Waals surface area contributed by atoms with Crippen molar-refractivity contribution in [2.24, 2.45) is 0 Å². The number of nitrogens with zero attached hydrogens (tertiary/aromatic N) is 3. The maximum absolute atomic E-state index is 11.8. The molecule has 0 spiro atoms. The molecule has 0 aliphatic carbocycles. The number of carbonyl (C=O) groups is 1. The van der Waals surface area contributed by atoms with Gasteiger partial charge in [0, 0.05) is 25.0 Å². The molecule has 3 aromatic rings. The molecule has 0 atom stereocenters. The van der Waals surface area contributed by atoms with Gasteiger partial charge < -0.3 is 14.0 Å². The molecule has 0 unspecified atom stereocenters. The minimum Gasteiger partial charge on any atom is -0.482 e. The summed E-state index contributed by atoms with van der Waals surface area (Å²) in [5.41, 5.74) is 4.70. The fourth-order valence-corrected chi connectivity index (χ4v) is 2.65. The molecule has 110 valence electrons. The summed E-state index contributed by atoms with van der Waals surface area (Å²) in [6, 6.07) is 9.90. The summed E-state index contributed by atoms with van der Waals surface area (Å²) in [6.45, 7) is 2.14. The minimum atomic E-state index is -0.0460. The summed E-state index contributed by atoms with van der Waals surface area (Å²) >= 11 is 0. The average molecular weight is 293 g/mol. The summed E-state index contributed by atoms with van der Waals surface area (Å²) in [7, 11) is 1.76. The van der Waals surface area contributed by atoms with Gasteiger partial charge in [0.05, 0.1) is 11.4 Å². The van der Waals surface area contributed by atoms with Gasteiger partial charge in [0.2, 0.25) is 0 Å². The molecule has 2 aromatic heterocycles. The molecule has 1 amide bonds. The first-order valence-electron chi connectivity index (χ1n) is 7.11. The zero-order chi connectivity index (χ0) is 15.3. The van der Waals surface area contributed by atoms with Crippen molar-refractivity contribution >= 4 is 17.2 Å². The summed E-state index contributed by atoms with van der Waals surface area (Å²) in [5, 5.41) is 0. The molecule has 0 N–H and O–H groups in total. The number of anilines is 1. The highest BCUT2D eigenvalue weighted by Gasteiger charge is 2.22. The Kier molecular flexibility index (Phi) is 2.69. The summed E-state index contributed by atoms with van der Waals surface area (Å²) < 4.78 is 7.45. The quantitative estimate of drug-likeness (QED) is 0.693. The van der Waals surface area contributed by atoms with Crippen molar-refractivity contribution in [3.8, 4) is 17.0 Å². The Morgan fingerprint density at radius 1 is 1.23 bits per heavy atom. The van der Waals surface area contributed by atoms with Crippen molar-refractivity contribution in [1.82, 2.24) is 9.38 Å². The van der Waals surface area contributed by atoms with Crippen LogP contribution in [0, 0.1) is 6.92 Å². The van der Waals surface area contributed by atoms with Gasteiger partial charge >= 0.3 is 0 Å². The molecule has 4 rings (SSSR count). The topological polar surface area (TPSA) is 46.8 Å². The van der Waals surface area contributed by atoms with E-state index >= 15 is 0 Å².